The summed E-state index contributed by atoms with van der Waals surface area (Å²) in [6, 6.07) is 11.4. The van der Waals surface area contributed by atoms with Gasteiger partial charge in [0.1, 0.15) is 12.4 Å². The number of carbonyl (C=O) groups is 1. The molecule has 0 N–H and O–H groups in total. The predicted octanol–water partition coefficient (Wildman–Crippen LogP) is 4.27. The average Bonchev–Trinajstić information content (AvgIpc) is 3.43. The van der Waals surface area contributed by atoms with Crippen molar-refractivity contribution in [3.05, 3.63) is 53.6 Å². The predicted molar refractivity (Wildman–Crippen MR) is 164 cm³/mol. The Morgan fingerprint density at radius 3 is 2.88 bits per heavy atom. The number of hydrogen-bond acceptors (Lipinski definition) is 8. The molecule has 0 saturated carbocycles. The van der Waals surface area contributed by atoms with Crippen molar-refractivity contribution in [3.63, 3.8) is 0 Å². The molecule has 2 atom stereocenters. The zero-order valence-corrected chi connectivity index (χ0v) is 24.9. The molecule has 8 nitrogen and oxygen atoms in total. The lowest BCUT2D eigenvalue weighted by Crippen LogP contribution is -2.55. The van der Waals surface area contributed by atoms with Gasteiger partial charge in [0.15, 0.2) is 0 Å². The SMILES string of the molecule is C=CC(=O)N1CCN(c2nc(OC[C@@H]3CCCN3C)cc3c2CCN(c2cccc4c2SCCC4)C3)C[C@@H]1CC#N. The van der Waals surface area contributed by atoms with E-state index in [-0.39, 0.29) is 18.4 Å². The number of fused-ring (bicyclic) bond motifs is 2. The molecule has 0 aliphatic carbocycles. The number of likely N-dealkylation sites (tertiary alicyclic amines) is 1. The highest BCUT2D eigenvalue weighted by atomic mass is 32.2. The third-order valence-electron chi connectivity index (χ3n) is 9.08. The Bertz CT molecular complexity index is 1340. The van der Waals surface area contributed by atoms with E-state index >= 15 is 0 Å². The van der Waals surface area contributed by atoms with Crippen LogP contribution in [0.4, 0.5) is 11.5 Å². The standard InChI is InChI=1S/C32H40N6O2S/c1-3-30(39)38-17-16-37(21-25(38)11-13-33)32-27-12-15-36(28-10-4-7-23-8-6-18-41-31(23)28)20-24(27)19-29(34-32)40-22-26-9-5-14-35(26)2/h3-4,7,10,19,25-26H,1,5-6,8-9,11-12,14-18,20-22H2,2H3/t25-,26-/m0/s1. The molecule has 2 fully saturated rings. The Morgan fingerprint density at radius 2 is 2.07 bits per heavy atom. The first kappa shape index (κ1) is 27.9. The molecule has 216 valence electrons. The Labute approximate surface area is 247 Å². The summed E-state index contributed by atoms with van der Waals surface area (Å²) < 4.78 is 6.41. The number of benzene rings is 1. The number of pyridine rings is 1. The molecule has 5 heterocycles. The van der Waals surface area contributed by atoms with E-state index in [0.29, 0.717) is 38.2 Å². The highest BCUT2D eigenvalue weighted by molar-refractivity contribution is 7.99. The molecule has 0 spiro atoms. The molecule has 2 aromatic rings. The molecule has 1 aromatic heterocycles. The molecule has 1 aromatic carbocycles. The van der Waals surface area contributed by atoms with Gasteiger partial charge in [-0.3, -0.25) is 4.79 Å². The van der Waals surface area contributed by atoms with Crippen LogP contribution in [0.3, 0.4) is 0 Å². The minimum atomic E-state index is -0.193. The summed E-state index contributed by atoms with van der Waals surface area (Å²) in [4.78, 5) is 28.0. The van der Waals surface area contributed by atoms with E-state index in [1.807, 2.05) is 11.8 Å². The number of anilines is 2. The molecule has 9 heteroatoms. The lowest BCUT2D eigenvalue weighted by atomic mass is 9.98. The average molecular weight is 573 g/mol. The molecule has 6 rings (SSSR count). The number of aryl methyl sites for hydroxylation is 1. The van der Waals surface area contributed by atoms with Crippen LogP contribution in [-0.2, 0) is 24.2 Å². The second-order valence-corrected chi connectivity index (χ2v) is 12.7. The molecule has 1 amide bonds. The van der Waals surface area contributed by atoms with Gasteiger partial charge in [-0.25, -0.2) is 0 Å². The first-order valence-electron chi connectivity index (χ1n) is 15.0. The number of aromatic nitrogens is 1. The van der Waals surface area contributed by atoms with Crippen molar-refractivity contribution in [1.29, 1.82) is 5.26 Å². The van der Waals surface area contributed by atoms with Gasteiger partial charge in [0.25, 0.3) is 0 Å². The maximum atomic E-state index is 12.5. The third kappa shape index (κ3) is 5.77. The van der Waals surface area contributed by atoms with Gasteiger partial charge in [0.2, 0.25) is 11.8 Å². The van der Waals surface area contributed by atoms with Crippen molar-refractivity contribution in [3.8, 4) is 11.9 Å². The summed E-state index contributed by atoms with van der Waals surface area (Å²) in [6.45, 7) is 8.95. The highest BCUT2D eigenvalue weighted by Crippen LogP contribution is 2.41. The van der Waals surface area contributed by atoms with Gasteiger partial charge in [0, 0.05) is 55.3 Å². The largest absolute Gasteiger partial charge is 0.476 e. The molecule has 4 aliphatic heterocycles. The van der Waals surface area contributed by atoms with Crippen LogP contribution < -0.4 is 14.5 Å². The Kier molecular flexibility index (Phi) is 8.40. The lowest BCUT2D eigenvalue weighted by molar-refractivity contribution is -0.128. The van der Waals surface area contributed by atoms with Gasteiger partial charge < -0.3 is 24.3 Å². The van der Waals surface area contributed by atoms with Gasteiger partial charge in [-0.1, -0.05) is 18.7 Å². The Balaban J connectivity index is 1.31. The number of nitriles is 1. The third-order valence-corrected chi connectivity index (χ3v) is 10.3. The fourth-order valence-corrected chi connectivity index (χ4v) is 7.99. The number of amides is 1. The van der Waals surface area contributed by atoms with Crippen LogP contribution in [0.1, 0.15) is 42.4 Å². The molecular weight excluding hydrogens is 532 g/mol. The number of thioether (sulfide) groups is 1. The van der Waals surface area contributed by atoms with E-state index in [9.17, 15) is 10.1 Å². The van der Waals surface area contributed by atoms with E-state index in [4.69, 9.17) is 9.72 Å². The van der Waals surface area contributed by atoms with E-state index in [1.165, 1.54) is 51.9 Å². The molecular formula is C32H40N6O2S. The summed E-state index contributed by atoms with van der Waals surface area (Å²) >= 11 is 1.99. The summed E-state index contributed by atoms with van der Waals surface area (Å²) in [5.74, 6) is 2.69. The number of carbonyl (C=O) groups excluding carboxylic acids is 1. The number of hydrogen-bond donors (Lipinski definition) is 0. The monoisotopic (exact) mass is 572 g/mol. The topological polar surface area (TPSA) is 75.9 Å². The van der Waals surface area contributed by atoms with Gasteiger partial charge in [-0.05, 0) is 74.7 Å². The van der Waals surface area contributed by atoms with Crippen LogP contribution >= 0.6 is 11.8 Å². The lowest BCUT2D eigenvalue weighted by Gasteiger charge is -2.42. The minimum absolute atomic E-state index is 0.114. The molecule has 0 bridgehead atoms. The zero-order valence-electron chi connectivity index (χ0n) is 24.1. The van der Waals surface area contributed by atoms with Crippen molar-refractivity contribution < 1.29 is 9.53 Å². The van der Waals surface area contributed by atoms with Crippen LogP contribution in [0.2, 0.25) is 0 Å². The van der Waals surface area contributed by atoms with E-state index < -0.39 is 0 Å². The van der Waals surface area contributed by atoms with Crippen LogP contribution in [0.5, 0.6) is 5.88 Å². The fraction of sp³-hybridized carbons (Fsp3) is 0.531. The minimum Gasteiger partial charge on any atom is -0.476 e. The molecule has 0 unspecified atom stereocenters. The zero-order chi connectivity index (χ0) is 28.3. The Hall–Kier alpha value is -3.22. The quantitative estimate of drug-likeness (QED) is 0.456. The number of piperazine rings is 1. The normalized spacial score (nSPS) is 22.6. The molecule has 41 heavy (non-hydrogen) atoms. The van der Waals surface area contributed by atoms with Gasteiger partial charge in [-0.15, -0.1) is 11.8 Å². The van der Waals surface area contributed by atoms with Crippen molar-refractivity contribution in [2.24, 2.45) is 0 Å². The van der Waals surface area contributed by atoms with Crippen LogP contribution in [0, 0.1) is 11.3 Å². The second-order valence-electron chi connectivity index (χ2n) is 11.6. The number of nitrogens with zero attached hydrogens (tertiary/aromatic N) is 6. The number of ether oxygens (including phenoxy) is 1. The van der Waals surface area contributed by atoms with E-state index in [0.717, 1.165) is 44.7 Å². The summed E-state index contributed by atoms with van der Waals surface area (Å²) in [5, 5.41) is 9.52. The van der Waals surface area contributed by atoms with Crippen LogP contribution in [0.25, 0.3) is 0 Å². The van der Waals surface area contributed by atoms with E-state index in [1.54, 1.807) is 4.90 Å². The molecule has 0 radical (unpaired) electrons. The smallest absolute Gasteiger partial charge is 0.246 e. The molecule has 4 aliphatic rings. The fourth-order valence-electron chi connectivity index (χ4n) is 6.80. The van der Waals surface area contributed by atoms with Crippen LogP contribution in [0.15, 0.2) is 41.8 Å². The Morgan fingerprint density at radius 1 is 1.17 bits per heavy atom. The first-order valence-corrected chi connectivity index (χ1v) is 15.9. The maximum absolute atomic E-state index is 12.5. The van der Waals surface area contributed by atoms with Gasteiger partial charge in [-0.2, -0.15) is 10.2 Å². The summed E-state index contributed by atoms with van der Waals surface area (Å²) in [6.07, 6.45) is 7.29. The van der Waals surface area contributed by atoms with Crippen molar-refractivity contribution >= 4 is 29.2 Å². The van der Waals surface area contributed by atoms with Gasteiger partial charge in [0.05, 0.1) is 24.2 Å². The van der Waals surface area contributed by atoms with E-state index in [2.05, 4.69) is 58.7 Å². The second kappa shape index (κ2) is 12.3. The summed E-state index contributed by atoms with van der Waals surface area (Å²) in [7, 11) is 2.17. The molecule has 2 saturated heterocycles. The van der Waals surface area contributed by atoms with Gasteiger partial charge >= 0.3 is 0 Å². The van der Waals surface area contributed by atoms with Crippen molar-refractivity contribution in [2.75, 3.05) is 61.9 Å². The highest BCUT2D eigenvalue weighted by Gasteiger charge is 2.33. The van der Waals surface area contributed by atoms with Crippen molar-refractivity contribution in [2.45, 2.75) is 62.0 Å². The number of likely N-dealkylation sites (N-methyl/N-ethyl adjacent to an activating group) is 1. The van der Waals surface area contributed by atoms with Crippen molar-refractivity contribution in [1.82, 2.24) is 14.8 Å². The first-order chi connectivity index (χ1) is 20.1. The maximum Gasteiger partial charge on any atom is 0.246 e. The van der Waals surface area contributed by atoms with Crippen LogP contribution in [-0.4, -0.2) is 84.9 Å². The number of rotatable bonds is 7. The summed E-state index contributed by atoms with van der Waals surface area (Å²) in [5.41, 5.74) is 5.34.